The molecule has 1 atom stereocenters. The molecule has 0 aliphatic carbocycles. The Balaban J connectivity index is 1.98. The number of halogens is 1. The van der Waals surface area contributed by atoms with E-state index in [9.17, 15) is 0 Å². The molecule has 23 heavy (non-hydrogen) atoms. The Kier molecular flexibility index (Phi) is 6.43. The molecule has 0 aliphatic heterocycles. The fourth-order valence-corrected chi connectivity index (χ4v) is 3.22. The molecule has 2 N–H and O–H groups in total. The molecule has 0 saturated carbocycles. The van der Waals surface area contributed by atoms with E-state index < -0.39 is 0 Å². The third-order valence-electron chi connectivity index (χ3n) is 3.94. The lowest BCUT2D eigenvalue weighted by atomic mass is 9.97. The van der Waals surface area contributed by atoms with Crippen molar-refractivity contribution in [2.75, 3.05) is 11.9 Å². The Morgan fingerprint density at radius 2 is 1.87 bits per heavy atom. The number of rotatable bonds is 5. The summed E-state index contributed by atoms with van der Waals surface area (Å²) in [5, 5.41) is 7.84. The molecule has 0 bridgehead atoms. The summed E-state index contributed by atoms with van der Waals surface area (Å²) in [5.41, 5.74) is 4.44. The Bertz CT molecular complexity index is 647. The zero-order valence-corrected chi connectivity index (χ0v) is 15.4. The van der Waals surface area contributed by atoms with Gasteiger partial charge >= 0.3 is 0 Å². The van der Waals surface area contributed by atoms with E-state index in [0.717, 1.165) is 29.8 Å². The second-order valence-corrected chi connectivity index (χ2v) is 6.60. The molecule has 2 aromatic carbocycles. The van der Waals surface area contributed by atoms with Crippen molar-refractivity contribution in [1.29, 1.82) is 0 Å². The van der Waals surface area contributed by atoms with Crippen LogP contribution in [-0.4, -0.2) is 11.7 Å². The molecule has 0 unspecified atom stereocenters. The predicted octanol–water partition coefficient (Wildman–Crippen LogP) is 5.44. The lowest BCUT2D eigenvalue weighted by molar-refractivity contribution is 0.642. The maximum absolute atomic E-state index is 6.31. The highest BCUT2D eigenvalue weighted by atomic mass is 35.5. The van der Waals surface area contributed by atoms with E-state index >= 15 is 0 Å². The van der Waals surface area contributed by atoms with Crippen molar-refractivity contribution in [2.45, 2.75) is 33.1 Å². The van der Waals surface area contributed by atoms with E-state index in [4.69, 9.17) is 23.8 Å². The zero-order chi connectivity index (χ0) is 16.8. The molecule has 2 nitrogen and oxygen atoms in total. The maximum Gasteiger partial charge on any atom is 0.170 e. The van der Waals surface area contributed by atoms with Crippen LogP contribution in [0, 0.1) is 13.8 Å². The summed E-state index contributed by atoms with van der Waals surface area (Å²) in [6.45, 7) is 7.05. The van der Waals surface area contributed by atoms with Crippen molar-refractivity contribution in [1.82, 2.24) is 5.32 Å². The summed E-state index contributed by atoms with van der Waals surface area (Å²) in [5.74, 6) is 0.436. The third-order valence-corrected chi connectivity index (χ3v) is 4.49. The first kappa shape index (κ1) is 17.8. The average molecular weight is 347 g/mol. The minimum atomic E-state index is 0.436. The van der Waals surface area contributed by atoms with Gasteiger partial charge in [-0.05, 0) is 55.2 Å². The molecule has 0 saturated heterocycles. The van der Waals surface area contributed by atoms with Crippen LogP contribution < -0.4 is 10.6 Å². The minimum Gasteiger partial charge on any atom is -0.362 e. The zero-order valence-electron chi connectivity index (χ0n) is 13.8. The largest absolute Gasteiger partial charge is 0.362 e. The van der Waals surface area contributed by atoms with Gasteiger partial charge in [0.15, 0.2) is 5.11 Å². The number of aryl methyl sites for hydroxylation is 2. The molecule has 0 aromatic heterocycles. The predicted molar refractivity (Wildman–Crippen MR) is 105 cm³/mol. The second kappa shape index (κ2) is 8.32. The number of hydrogen-bond donors (Lipinski definition) is 2. The number of nitrogens with one attached hydrogen (secondary N) is 2. The van der Waals surface area contributed by atoms with Gasteiger partial charge in [0.1, 0.15) is 0 Å². The van der Waals surface area contributed by atoms with Gasteiger partial charge in [-0.15, -0.1) is 0 Å². The quantitative estimate of drug-likeness (QED) is 0.705. The van der Waals surface area contributed by atoms with Crippen LogP contribution in [0.2, 0.25) is 5.02 Å². The molecule has 0 heterocycles. The number of benzene rings is 2. The highest BCUT2D eigenvalue weighted by molar-refractivity contribution is 7.80. The Morgan fingerprint density at radius 1 is 1.17 bits per heavy atom. The van der Waals surface area contributed by atoms with Crippen molar-refractivity contribution in [3.8, 4) is 0 Å². The number of thiocarbonyl (C=S) groups is 1. The SMILES string of the molecule is CC[C@@H](CNC(=S)Nc1c(C)cc(C)cc1Cl)c1ccccc1. The smallest absolute Gasteiger partial charge is 0.170 e. The van der Waals surface area contributed by atoms with Gasteiger partial charge in [-0.2, -0.15) is 0 Å². The van der Waals surface area contributed by atoms with Gasteiger partial charge in [0, 0.05) is 12.5 Å². The van der Waals surface area contributed by atoms with Crippen LogP contribution in [0.25, 0.3) is 0 Å². The second-order valence-electron chi connectivity index (χ2n) is 5.79. The van der Waals surface area contributed by atoms with Crippen molar-refractivity contribution in [3.63, 3.8) is 0 Å². The topological polar surface area (TPSA) is 24.1 Å². The van der Waals surface area contributed by atoms with Gasteiger partial charge in [-0.3, -0.25) is 0 Å². The summed E-state index contributed by atoms with van der Waals surface area (Å²) in [7, 11) is 0. The van der Waals surface area contributed by atoms with Crippen molar-refractivity contribution in [3.05, 3.63) is 64.2 Å². The third kappa shape index (κ3) is 4.95. The van der Waals surface area contributed by atoms with Gasteiger partial charge in [-0.25, -0.2) is 0 Å². The number of hydrogen-bond acceptors (Lipinski definition) is 1. The van der Waals surface area contributed by atoms with Crippen molar-refractivity contribution >= 4 is 34.6 Å². The fourth-order valence-electron chi connectivity index (χ4n) is 2.67. The average Bonchev–Trinajstić information content (AvgIpc) is 2.52. The van der Waals surface area contributed by atoms with E-state index in [2.05, 4.69) is 47.9 Å². The Morgan fingerprint density at radius 3 is 2.48 bits per heavy atom. The van der Waals surface area contributed by atoms with Crippen LogP contribution in [0.4, 0.5) is 5.69 Å². The normalized spacial score (nSPS) is 11.8. The lowest BCUT2D eigenvalue weighted by Crippen LogP contribution is -2.32. The summed E-state index contributed by atoms with van der Waals surface area (Å²) >= 11 is 11.7. The van der Waals surface area contributed by atoms with Gasteiger partial charge in [0.05, 0.1) is 10.7 Å². The highest BCUT2D eigenvalue weighted by Crippen LogP contribution is 2.27. The molecule has 0 spiro atoms. The van der Waals surface area contributed by atoms with E-state index in [1.165, 1.54) is 5.56 Å². The summed E-state index contributed by atoms with van der Waals surface area (Å²) in [6, 6.07) is 14.5. The van der Waals surface area contributed by atoms with E-state index in [1.807, 2.05) is 26.0 Å². The first-order valence-corrected chi connectivity index (χ1v) is 8.66. The Hall–Kier alpha value is -1.58. The fraction of sp³-hybridized carbons (Fsp3) is 0.316. The number of anilines is 1. The molecule has 122 valence electrons. The first-order chi connectivity index (χ1) is 11.0. The molecule has 0 fully saturated rings. The molecule has 0 amide bonds. The monoisotopic (exact) mass is 346 g/mol. The Labute approximate surface area is 149 Å². The van der Waals surface area contributed by atoms with E-state index in [1.54, 1.807) is 0 Å². The molecular weight excluding hydrogens is 324 g/mol. The van der Waals surface area contributed by atoms with Crippen LogP contribution in [0.5, 0.6) is 0 Å². The van der Waals surface area contributed by atoms with E-state index in [0.29, 0.717) is 16.1 Å². The first-order valence-electron chi connectivity index (χ1n) is 7.87. The van der Waals surface area contributed by atoms with Crippen molar-refractivity contribution in [2.24, 2.45) is 0 Å². The summed E-state index contributed by atoms with van der Waals surface area (Å²) in [4.78, 5) is 0. The van der Waals surface area contributed by atoms with Crippen LogP contribution in [0.3, 0.4) is 0 Å². The molecule has 2 rings (SSSR count). The van der Waals surface area contributed by atoms with Gasteiger partial charge in [0.2, 0.25) is 0 Å². The molecule has 2 aromatic rings. The maximum atomic E-state index is 6.31. The van der Waals surface area contributed by atoms with Crippen LogP contribution in [0.15, 0.2) is 42.5 Å². The highest BCUT2D eigenvalue weighted by Gasteiger charge is 2.11. The summed E-state index contributed by atoms with van der Waals surface area (Å²) in [6.07, 6.45) is 1.06. The van der Waals surface area contributed by atoms with Crippen LogP contribution in [-0.2, 0) is 0 Å². The molecule has 0 aliphatic rings. The lowest BCUT2D eigenvalue weighted by Gasteiger charge is -2.19. The van der Waals surface area contributed by atoms with Gasteiger partial charge in [-0.1, -0.05) is 54.9 Å². The minimum absolute atomic E-state index is 0.436. The molecule has 0 radical (unpaired) electrons. The molecular formula is C19H23ClN2S. The van der Waals surface area contributed by atoms with Crippen LogP contribution in [0.1, 0.15) is 36.0 Å². The van der Waals surface area contributed by atoms with Crippen molar-refractivity contribution < 1.29 is 0 Å². The molecule has 4 heteroatoms. The van der Waals surface area contributed by atoms with Gasteiger partial charge < -0.3 is 10.6 Å². The van der Waals surface area contributed by atoms with Crippen LogP contribution >= 0.6 is 23.8 Å². The standard InChI is InChI=1S/C19H23ClN2S/c1-4-15(16-8-6-5-7-9-16)12-21-19(23)22-18-14(3)10-13(2)11-17(18)20/h5-11,15H,4,12H2,1-3H3,(H2,21,22,23)/t15-/m0/s1. The van der Waals surface area contributed by atoms with E-state index in [-0.39, 0.29) is 0 Å². The van der Waals surface area contributed by atoms with Gasteiger partial charge in [0.25, 0.3) is 0 Å². The summed E-state index contributed by atoms with van der Waals surface area (Å²) < 4.78 is 0.